The van der Waals surface area contributed by atoms with Crippen molar-refractivity contribution in [3.8, 4) is 0 Å². The second kappa shape index (κ2) is 6.69. The zero-order valence-electron chi connectivity index (χ0n) is 11.1. The number of piperidine rings is 1. The molecule has 2 aliphatic heterocycles. The number of likely N-dealkylation sites (tertiary alicyclic amines) is 1. The van der Waals surface area contributed by atoms with Crippen LogP contribution in [0.3, 0.4) is 0 Å². The van der Waals surface area contributed by atoms with Crippen LogP contribution < -0.4 is 5.73 Å². The van der Waals surface area contributed by atoms with Crippen molar-refractivity contribution >= 4 is 0 Å². The average molecular weight is 241 g/mol. The highest BCUT2D eigenvalue weighted by atomic mass is 16.5. The van der Waals surface area contributed by atoms with Gasteiger partial charge in [0.1, 0.15) is 0 Å². The van der Waals surface area contributed by atoms with Crippen LogP contribution in [0.2, 0.25) is 0 Å². The van der Waals surface area contributed by atoms with Gasteiger partial charge >= 0.3 is 0 Å². The Bertz CT molecular complexity index is 217. The maximum Gasteiger partial charge on any atom is 0.0824 e. The van der Waals surface area contributed by atoms with Gasteiger partial charge in [0.25, 0.3) is 0 Å². The molecule has 0 aromatic rings. The van der Waals surface area contributed by atoms with E-state index in [0.29, 0.717) is 6.54 Å². The number of nitrogens with zero attached hydrogens (tertiary/aromatic N) is 2. The fourth-order valence-corrected chi connectivity index (χ4v) is 3.04. The van der Waals surface area contributed by atoms with Crippen LogP contribution in [0.4, 0.5) is 0 Å². The molecule has 4 nitrogen and oxygen atoms in total. The van der Waals surface area contributed by atoms with Gasteiger partial charge in [-0.05, 0) is 38.9 Å². The zero-order valence-corrected chi connectivity index (χ0v) is 11.1. The summed E-state index contributed by atoms with van der Waals surface area (Å²) in [5.74, 6) is 0. The van der Waals surface area contributed by atoms with E-state index in [1.807, 2.05) is 0 Å². The van der Waals surface area contributed by atoms with Gasteiger partial charge in [0.15, 0.2) is 0 Å². The first-order chi connectivity index (χ1) is 8.33. The number of rotatable bonds is 4. The minimum Gasteiger partial charge on any atom is -0.374 e. The molecule has 0 amide bonds. The fraction of sp³-hybridized carbons (Fsp3) is 1.00. The average Bonchev–Trinajstić information content (AvgIpc) is 2.40. The van der Waals surface area contributed by atoms with Crippen LogP contribution >= 0.6 is 0 Å². The third-order valence-corrected chi connectivity index (χ3v) is 4.05. The molecule has 100 valence electrons. The van der Waals surface area contributed by atoms with Gasteiger partial charge < -0.3 is 15.4 Å². The Balaban J connectivity index is 1.76. The summed E-state index contributed by atoms with van der Waals surface area (Å²) in [5, 5.41) is 0. The standard InChI is InChI=1S/C13H27N3O/c1-2-5-15-6-3-12(4-7-15)16-8-9-17-13(10-14)11-16/h12-13H,2-11,14H2,1H3. The quantitative estimate of drug-likeness (QED) is 0.779. The van der Waals surface area contributed by atoms with E-state index >= 15 is 0 Å². The maximum absolute atomic E-state index is 5.70. The molecule has 2 rings (SSSR count). The van der Waals surface area contributed by atoms with Crippen molar-refractivity contribution in [1.82, 2.24) is 9.80 Å². The third kappa shape index (κ3) is 3.65. The van der Waals surface area contributed by atoms with Gasteiger partial charge in [-0.2, -0.15) is 0 Å². The molecule has 4 heteroatoms. The van der Waals surface area contributed by atoms with Crippen molar-refractivity contribution in [2.45, 2.75) is 38.3 Å². The summed E-state index contributed by atoms with van der Waals surface area (Å²) in [5.41, 5.74) is 5.70. The summed E-state index contributed by atoms with van der Waals surface area (Å²) in [6.45, 7) is 9.71. The molecule has 0 spiro atoms. The normalized spacial score (nSPS) is 29.6. The highest BCUT2D eigenvalue weighted by Gasteiger charge is 2.28. The van der Waals surface area contributed by atoms with E-state index in [1.54, 1.807) is 0 Å². The second-order valence-electron chi connectivity index (χ2n) is 5.30. The lowest BCUT2D eigenvalue weighted by molar-refractivity contribution is -0.0473. The van der Waals surface area contributed by atoms with Crippen LogP contribution in [0.15, 0.2) is 0 Å². The van der Waals surface area contributed by atoms with Gasteiger partial charge in [-0.3, -0.25) is 4.90 Å². The highest BCUT2D eigenvalue weighted by Crippen LogP contribution is 2.19. The summed E-state index contributed by atoms with van der Waals surface area (Å²) >= 11 is 0. The molecule has 17 heavy (non-hydrogen) atoms. The van der Waals surface area contributed by atoms with Gasteiger partial charge in [0.05, 0.1) is 12.7 Å². The maximum atomic E-state index is 5.70. The smallest absolute Gasteiger partial charge is 0.0824 e. The number of ether oxygens (including phenoxy) is 1. The first kappa shape index (κ1) is 13.3. The Morgan fingerprint density at radius 1 is 1.24 bits per heavy atom. The molecule has 1 unspecified atom stereocenters. The minimum atomic E-state index is 0.262. The second-order valence-corrected chi connectivity index (χ2v) is 5.30. The molecule has 2 saturated heterocycles. The Kier molecular flexibility index (Phi) is 5.22. The predicted octanol–water partition coefficient (Wildman–Crippen LogP) is 0.520. The van der Waals surface area contributed by atoms with Crippen LogP contribution in [-0.2, 0) is 4.74 Å². The summed E-state index contributed by atoms with van der Waals surface area (Å²) in [6, 6.07) is 0.765. The summed E-state index contributed by atoms with van der Waals surface area (Å²) in [4.78, 5) is 5.20. The van der Waals surface area contributed by atoms with E-state index in [9.17, 15) is 0 Å². The van der Waals surface area contributed by atoms with E-state index in [0.717, 1.165) is 25.7 Å². The predicted molar refractivity (Wildman–Crippen MR) is 70.1 cm³/mol. The van der Waals surface area contributed by atoms with Crippen LogP contribution in [-0.4, -0.2) is 67.8 Å². The van der Waals surface area contributed by atoms with E-state index in [4.69, 9.17) is 10.5 Å². The Morgan fingerprint density at radius 3 is 2.65 bits per heavy atom. The monoisotopic (exact) mass is 241 g/mol. The van der Waals surface area contributed by atoms with Gasteiger partial charge in [-0.15, -0.1) is 0 Å². The van der Waals surface area contributed by atoms with Crippen molar-refractivity contribution in [3.63, 3.8) is 0 Å². The first-order valence-electron chi connectivity index (χ1n) is 7.11. The van der Waals surface area contributed by atoms with Gasteiger partial charge in [0.2, 0.25) is 0 Å². The molecule has 0 aromatic carbocycles. The number of hydrogen-bond donors (Lipinski definition) is 1. The van der Waals surface area contributed by atoms with Gasteiger partial charge in [-0.1, -0.05) is 6.92 Å². The zero-order chi connectivity index (χ0) is 12.1. The molecule has 2 heterocycles. The fourth-order valence-electron chi connectivity index (χ4n) is 3.04. The molecule has 2 fully saturated rings. The van der Waals surface area contributed by atoms with Crippen LogP contribution in [0.1, 0.15) is 26.2 Å². The molecule has 0 bridgehead atoms. The molecule has 0 aromatic heterocycles. The van der Waals surface area contributed by atoms with Crippen molar-refractivity contribution in [2.75, 3.05) is 45.9 Å². The molecule has 2 aliphatic rings. The molecular weight excluding hydrogens is 214 g/mol. The summed E-state index contributed by atoms with van der Waals surface area (Å²) in [7, 11) is 0. The lowest BCUT2D eigenvalue weighted by atomic mass is 10.0. The van der Waals surface area contributed by atoms with Crippen LogP contribution in [0.5, 0.6) is 0 Å². The molecule has 0 radical (unpaired) electrons. The van der Waals surface area contributed by atoms with Crippen molar-refractivity contribution in [2.24, 2.45) is 5.73 Å². The molecule has 2 N–H and O–H groups in total. The summed E-state index contributed by atoms with van der Waals surface area (Å²) in [6.07, 6.45) is 4.17. The van der Waals surface area contributed by atoms with E-state index < -0.39 is 0 Å². The topological polar surface area (TPSA) is 41.7 Å². The van der Waals surface area contributed by atoms with Crippen LogP contribution in [0.25, 0.3) is 0 Å². The van der Waals surface area contributed by atoms with Gasteiger partial charge in [0, 0.05) is 25.7 Å². The SMILES string of the molecule is CCCN1CCC(N2CCOC(CN)C2)CC1. The highest BCUT2D eigenvalue weighted by molar-refractivity contribution is 4.83. The Labute approximate surface area is 105 Å². The molecule has 0 aliphatic carbocycles. The number of nitrogens with two attached hydrogens (primary N) is 1. The first-order valence-corrected chi connectivity index (χ1v) is 7.11. The number of hydrogen-bond acceptors (Lipinski definition) is 4. The lowest BCUT2D eigenvalue weighted by Gasteiger charge is -2.42. The molecular formula is C13H27N3O. The summed E-state index contributed by atoms with van der Waals surface area (Å²) < 4.78 is 5.63. The van der Waals surface area contributed by atoms with Crippen molar-refractivity contribution < 1.29 is 4.74 Å². The minimum absolute atomic E-state index is 0.262. The van der Waals surface area contributed by atoms with Crippen molar-refractivity contribution in [1.29, 1.82) is 0 Å². The Morgan fingerprint density at radius 2 is 2.00 bits per heavy atom. The Hall–Kier alpha value is -0.160. The van der Waals surface area contributed by atoms with E-state index in [2.05, 4.69) is 16.7 Å². The largest absolute Gasteiger partial charge is 0.374 e. The number of morpholine rings is 1. The van der Waals surface area contributed by atoms with E-state index in [1.165, 1.54) is 38.9 Å². The van der Waals surface area contributed by atoms with Crippen molar-refractivity contribution in [3.05, 3.63) is 0 Å². The molecule has 1 atom stereocenters. The lowest BCUT2D eigenvalue weighted by Crippen LogP contribution is -2.53. The van der Waals surface area contributed by atoms with E-state index in [-0.39, 0.29) is 6.10 Å². The molecule has 0 saturated carbocycles. The van der Waals surface area contributed by atoms with Gasteiger partial charge in [-0.25, -0.2) is 0 Å². The van der Waals surface area contributed by atoms with Crippen LogP contribution in [0, 0.1) is 0 Å². The third-order valence-electron chi connectivity index (χ3n) is 4.05.